The number of unbranched alkanes of at least 4 members (excludes halogenated alkanes) is 20. The molecular formula is C54H86. The van der Waals surface area contributed by atoms with Gasteiger partial charge in [-0.2, -0.15) is 0 Å². The van der Waals surface area contributed by atoms with Crippen molar-refractivity contribution in [1.82, 2.24) is 0 Å². The van der Waals surface area contributed by atoms with Gasteiger partial charge < -0.3 is 0 Å². The van der Waals surface area contributed by atoms with Crippen molar-refractivity contribution in [3.63, 3.8) is 0 Å². The zero-order valence-electron chi connectivity index (χ0n) is 36.8. The van der Waals surface area contributed by atoms with Gasteiger partial charge in [-0.15, -0.1) is 0 Å². The third kappa shape index (κ3) is 10.4. The Morgan fingerprint density at radius 2 is 0.944 bits per heavy atom. The highest BCUT2D eigenvalue weighted by atomic mass is 14.6. The molecule has 0 spiro atoms. The Bertz CT molecular complexity index is 1390. The molecule has 3 aliphatic rings. The Morgan fingerprint density at radius 1 is 0.481 bits per heavy atom. The van der Waals surface area contributed by atoms with Crippen molar-refractivity contribution in [1.29, 1.82) is 0 Å². The molecule has 0 heteroatoms. The maximum Gasteiger partial charge on any atom is 0.0215 e. The van der Waals surface area contributed by atoms with Crippen LogP contribution in [-0.4, -0.2) is 0 Å². The van der Waals surface area contributed by atoms with Gasteiger partial charge in [0.2, 0.25) is 0 Å². The molecule has 5 rings (SSSR count). The van der Waals surface area contributed by atoms with Gasteiger partial charge in [-0.1, -0.05) is 223 Å². The second-order valence-electron chi connectivity index (χ2n) is 19.0. The minimum Gasteiger partial charge on any atom is -0.0850 e. The molecule has 0 nitrogen and oxygen atoms in total. The highest BCUT2D eigenvalue weighted by Gasteiger charge is 2.53. The summed E-state index contributed by atoms with van der Waals surface area (Å²) >= 11 is 0. The van der Waals surface area contributed by atoms with Crippen LogP contribution in [0.4, 0.5) is 0 Å². The van der Waals surface area contributed by atoms with Crippen LogP contribution in [0.15, 0.2) is 42.0 Å². The number of rotatable bonds is 28. The molecule has 2 atom stereocenters. The number of benzene rings is 2. The van der Waals surface area contributed by atoms with E-state index in [1.165, 1.54) is 198 Å². The molecule has 54 heavy (non-hydrogen) atoms. The van der Waals surface area contributed by atoms with Crippen molar-refractivity contribution in [3.8, 4) is 11.1 Å². The van der Waals surface area contributed by atoms with Crippen molar-refractivity contribution in [2.24, 2.45) is 5.92 Å². The van der Waals surface area contributed by atoms with Gasteiger partial charge >= 0.3 is 0 Å². The summed E-state index contributed by atoms with van der Waals surface area (Å²) in [6.07, 6.45) is 44.3. The average molecular weight is 735 g/mol. The van der Waals surface area contributed by atoms with E-state index in [-0.39, 0.29) is 5.41 Å². The largest absolute Gasteiger partial charge is 0.0850 e. The van der Waals surface area contributed by atoms with Gasteiger partial charge in [0, 0.05) is 5.41 Å². The van der Waals surface area contributed by atoms with E-state index >= 15 is 0 Å². The van der Waals surface area contributed by atoms with E-state index in [2.05, 4.69) is 78.0 Å². The molecule has 0 aromatic heterocycles. The second-order valence-corrected chi connectivity index (χ2v) is 19.0. The Kier molecular flexibility index (Phi) is 17.8. The third-order valence-electron chi connectivity index (χ3n) is 14.9. The summed E-state index contributed by atoms with van der Waals surface area (Å²) in [6, 6.07) is 13.5. The van der Waals surface area contributed by atoms with E-state index in [0.29, 0.717) is 11.3 Å². The van der Waals surface area contributed by atoms with Crippen molar-refractivity contribution < 1.29 is 0 Å². The number of fused-ring (bicyclic) bond motifs is 6. The van der Waals surface area contributed by atoms with Crippen molar-refractivity contribution in [2.75, 3.05) is 0 Å². The van der Waals surface area contributed by atoms with Crippen LogP contribution >= 0.6 is 0 Å². The highest BCUT2D eigenvalue weighted by Crippen LogP contribution is 2.64. The topological polar surface area (TPSA) is 0 Å². The number of hydrogen-bond acceptors (Lipinski definition) is 0. The smallest absolute Gasteiger partial charge is 0.0215 e. The molecule has 0 radical (unpaired) electrons. The summed E-state index contributed by atoms with van der Waals surface area (Å²) in [6.45, 7) is 14.2. The minimum atomic E-state index is 0.182. The van der Waals surface area contributed by atoms with Crippen molar-refractivity contribution in [3.05, 3.63) is 69.8 Å². The Labute approximate surface area is 336 Å². The highest BCUT2D eigenvalue weighted by molar-refractivity contribution is 5.83. The summed E-state index contributed by atoms with van der Waals surface area (Å²) in [7, 11) is 0. The lowest BCUT2D eigenvalue weighted by Gasteiger charge is -2.41. The lowest BCUT2D eigenvalue weighted by molar-refractivity contribution is 0.204. The lowest BCUT2D eigenvalue weighted by Crippen LogP contribution is -2.34. The van der Waals surface area contributed by atoms with E-state index in [1.54, 1.807) is 33.4 Å². The van der Waals surface area contributed by atoms with Crippen LogP contribution in [0, 0.1) is 12.8 Å². The Hall–Kier alpha value is -1.82. The van der Waals surface area contributed by atoms with Gasteiger partial charge in [0.15, 0.2) is 0 Å². The van der Waals surface area contributed by atoms with E-state index in [4.69, 9.17) is 0 Å². The predicted molar refractivity (Wildman–Crippen MR) is 240 cm³/mol. The van der Waals surface area contributed by atoms with Crippen LogP contribution in [0.5, 0.6) is 0 Å². The fraction of sp³-hybridized carbons (Fsp3) is 0.741. The zero-order valence-corrected chi connectivity index (χ0v) is 36.8. The SMILES string of the molecule is CCCCCCCCC1(CCCCCCCC)c2cc(C)ccc2-c2cc3c(cc21)C1CC=C(C)CC1C3(CCCCCCCC)CCCCCCCC. The van der Waals surface area contributed by atoms with Crippen molar-refractivity contribution >= 4 is 0 Å². The van der Waals surface area contributed by atoms with E-state index < -0.39 is 0 Å². The number of aryl methyl sites for hydroxylation is 1. The predicted octanol–water partition coefficient (Wildman–Crippen LogP) is 18.0. The van der Waals surface area contributed by atoms with Gasteiger partial charge in [-0.05, 0) is 109 Å². The van der Waals surface area contributed by atoms with E-state index in [0.717, 1.165) is 5.92 Å². The minimum absolute atomic E-state index is 0.182. The summed E-state index contributed by atoms with van der Waals surface area (Å²) in [4.78, 5) is 0. The molecule has 0 bridgehead atoms. The molecule has 2 unspecified atom stereocenters. The van der Waals surface area contributed by atoms with Gasteiger partial charge in [-0.3, -0.25) is 0 Å². The summed E-state index contributed by atoms with van der Waals surface area (Å²) in [5.41, 5.74) is 14.0. The molecule has 0 aliphatic heterocycles. The summed E-state index contributed by atoms with van der Waals surface area (Å²) < 4.78 is 0. The van der Waals surface area contributed by atoms with Gasteiger partial charge in [0.1, 0.15) is 0 Å². The van der Waals surface area contributed by atoms with E-state index in [1.807, 2.05) is 5.56 Å². The first-order valence-corrected chi connectivity index (χ1v) is 24.4. The second kappa shape index (κ2) is 22.2. The van der Waals surface area contributed by atoms with Crippen molar-refractivity contribution in [2.45, 2.75) is 251 Å². The summed E-state index contributed by atoms with van der Waals surface area (Å²) in [5, 5.41) is 0. The molecular weight excluding hydrogens is 649 g/mol. The Balaban J connectivity index is 1.57. The van der Waals surface area contributed by atoms with Crippen LogP contribution in [0.1, 0.15) is 261 Å². The first-order chi connectivity index (χ1) is 26.5. The molecule has 0 fully saturated rings. The first-order valence-electron chi connectivity index (χ1n) is 24.4. The fourth-order valence-corrected chi connectivity index (χ4v) is 11.9. The molecule has 0 amide bonds. The maximum atomic E-state index is 2.92. The maximum absolute atomic E-state index is 2.92. The van der Waals surface area contributed by atoms with Gasteiger partial charge in [0.05, 0.1) is 0 Å². The quantitative estimate of drug-likeness (QED) is 0.0603. The first kappa shape index (κ1) is 43.3. The van der Waals surface area contributed by atoms with E-state index in [9.17, 15) is 0 Å². The van der Waals surface area contributed by atoms with Crippen LogP contribution in [0.3, 0.4) is 0 Å². The van der Waals surface area contributed by atoms with Crippen LogP contribution in [-0.2, 0) is 10.8 Å². The summed E-state index contributed by atoms with van der Waals surface area (Å²) in [5.74, 6) is 1.50. The zero-order chi connectivity index (χ0) is 38.2. The monoisotopic (exact) mass is 735 g/mol. The van der Waals surface area contributed by atoms with Crippen LogP contribution < -0.4 is 0 Å². The third-order valence-corrected chi connectivity index (χ3v) is 14.9. The van der Waals surface area contributed by atoms with Crippen LogP contribution in [0.2, 0.25) is 0 Å². The normalized spacial score (nSPS) is 19.0. The molecule has 302 valence electrons. The average Bonchev–Trinajstić information content (AvgIpc) is 3.58. The standard InChI is InChI=1S/C54H86/c1-7-11-15-19-23-27-35-53(36-28-24-20-16-12-8-2)49-39-43(5)31-33-45(49)47-42-52-48(41-51(47)53)46-34-32-44(6)40-50(46)54(52,37-29-25-21-17-13-9-3)38-30-26-22-18-14-10-4/h31-33,39,41-42,46,50H,7-30,34-38,40H2,1-6H3. The number of allylic oxidation sites excluding steroid dienone is 2. The molecule has 2 aromatic carbocycles. The lowest BCUT2D eigenvalue weighted by atomic mass is 9.63. The van der Waals surface area contributed by atoms with Gasteiger partial charge in [0.25, 0.3) is 0 Å². The van der Waals surface area contributed by atoms with Crippen LogP contribution in [0.25, 0.3) is 11.1 Å². The fourth-order valence-electron chi connectivity index (χ4n) is 11.9. The van der Waals surface area contributed by atoms with Gasteiger partial charge in [-0.25, -0.2) is 0 Å². The molecule has 0 saturated carbocycles. The molecule has 0 N–H and O–H groups in total. The number of hydrogen-bond donors (Lipinski definition) is 0. The molecule has 0 heterocycles. The Morgan fingerprint density at radius 3 is 1.46 bits per heavy atom. The molecule has 2 aromatic rings. The molecule has 0 saturated heterocycles. The molecule has 3 aliphatic carbocycles.